The largest absolute Gasteiger partial charge is 0.307 e. The van der Waals surface area contributed by atoms with Gasteiger partial charge in [-0.15, -0.1) is 0 Å². The fraction of sp³-hybridized carbons (Fsp3) is 0. The van der Waals surface area contributed by atoms with E-state index in [1.54, 1.807) is 59.2 Å². The lowest BCUT2D eigenvalue weighted by Crippen LogP contribution is -2.20. The Morgan fingerprint density at radius 2 is 0.474 bits per heavy atom. The molecule has 10 aromatic rings. The number of para-hydroxylation sites is 6. The average molecular weight is 1040 g/mol. The highest BCUT2D eigenvalue weighted by Crippen LogP contribution is 2.61. The Morgan fingerprint density at radius 3 is 0.750 bits per heavy atom. The zero-order valence-electron chi connectivity index (χ0n) is 39.8. The van der Waals surface area contributed by atoms with Crippen LogP contribution in [-0.2, 0) is 0 Å². The Balaban J connectivity index is 0.957. The van der Waals surface area contributed by atoms with Gasteiger partial charge in [-0.1, -0.05) is 144 Å². The molecule has 0 bridgehead atoms. The first-order valence-electron chi connectivity index (χ1n) is 24.2. The van der Waals surface area contributed by atoms with Gasteiger partial charge in [0.05, 0.1) is 90.5 Å². The molecule has 4 heterocycles. The van der Waals surface area contributed by atoms with Crippen LogP contribution in [0.1, 0.15) is 22.3 Å². The van der Waals surface area contributed by atoms with Gasteiger partial charge in [0.15, 0.2) is 0 Å². The number of nitrogens with zero attached hydrogens (tertiary/aromatic N) is 8. The van der Waals surface area contributed by atoms with Crippen LogP contribution in [0, 0.1) is 45.3 Å². The van der Waals surface area contributed by atoms with E-state index in [9.17, 15) is 21.0 Å². The van der Waals surface area contributed by atoms with Gasteiger partial charge in [-0.2, -0.15) is 21.0 Å². The van der Waals surface area contributed by atoms with Crippen molar-refractivity contribution in [3.8, 4) is 35.4 Å². The monoisotopic (exact) mass is 1040 g/mol. The standard InChI is InChI=1S/C64H34N8S4/c65-35-39-31-41(37-67)55(33-53(39)69-45-17-1-7-25-57(45)73-58-26-8-2-18-46(58)69)71-49-21-5-11-29-61(49)75-63-43(15-13-23-51(63)71)44-16-14-24-52-64(44)76-62-30-12-6-22-50(62)72(52)56-34-54(40(36-66)32-42(56)38-68)70-47-19-3-9-27-59(47)74-60-28-10-4-20-48(60)70/h1-34H. The van der Waals surface area contributed by atoms with Crippen molar-refractivity contribution >= 4 is 115 Å². The van der Waals surface area contributed by atoms with E-state index in [0.29, 0.717) is 45.0 Å². The molecule has 0 amide bonds. The van der Waals surface area contributed by atoms with Gasteiger partial charge in [0.2, 0.25) is 0 Å². The maximum atomic E-state index is 11.0. The smallest absolute Gasteiger partial charge is 0.101 e. The fourth-order valence-electron chi connectivity index (χ4n) is 10.7. The summed E-state index contributed by atoms with van der Waals surface area (Å²) in [6.45, 7) is 0. The predicted molar refractivity (Wildman–Crippen MR) is 306 cm³/mol. The zero-order chi connectivity index (χ0) is 51.0. The maximum Gasteiger partial charge on any atom is 0.101 e. The third kappa shape index (κ3) is 7.09. The van der Waals surface area contributed by atoms with Gasteiger partial charge >= 0.3 is 0 Å². The van der Waals surface area contributed by atoms with Crippen LogP contribution in [0.4, 0.5) is 68.2 Å². The average Bonchev–Trinajstić information content (AvgIpc) is 3.59. The first-order chi connectivity index (χ1) is 37.5. The molecular weight excluding hydrogens is 1010 g/mol. The number of anilines is 12. The highest BCUT2D eigenvalue weighted by Gasteiger charge is 2.36. The molecule has 76 heavy (non-hydrogen) atoms. The lowest BCUT2D eigenvalue weighted by Gasteiger charge is -2.38. The van der Waals surface area contributed by atoms with E-state index in [1.807, 2.05) is 84.9 Å². The van der Waals surface area contributed by atoms with E-state index in [2.05, 4.69) is 153 Å². The summed E-state index contributed by atoms with van der Waals surface area (Å²) in [4.78, 5) is 17.0. The molecule has 10 aromatic carbocycles. The van der Waals surface area contributed by atoms with Gasteiger partial charge in [0.25, 0.3) is 0 Å². The molecule has 0 spiro atoms. The molecule has 0 saturated heterocycles. The Labute approximate surface area is 455 Å². The molecule has 0 aromatic heterocycles. The first-order valence-corrected chi connectivity index (χ1v) is 27.5. The summed E-state index contributed by atoms with van der Waals surface area (Å²) < 4.78 is 0. The Kier molecular flexibility index (Phi) is 10.9. The van der Waals surface area contributed by atoms with Gasteiger partial charge in [-0.05, 0) is 120 Å². The van der Waals surface area contributed by atoms with Crippen molar-refractivity contribution in [2.45, 2.75) is 39.2 Å². The second-order valence-corrected chi connectivity index (χ2v) is 22.4. The number of nitriles is 4. The van der Waals surface area contributed by atoms with Crippen LogP contribution >= 0.6 is 47.0 Å². The summed E-state index contributed by atoms with van der Waals surface area (Å²) in [5, 5.41) is 43.8. The van der Waals surface area contributed by atoms with Gasteiger partial charge in [-0.3, -0.25) is 0 Å². The topological polar surface area (TPSA) is 108 Å². The molecule has 0 atom stereocenters. The van der Waals surface area contributed by atoms with Crippen molar-refractivity contribution in [2.24, 2.45) is 0 Å². The molecule has 4 aliphatic heterocycles. The van der Waals surface area contributed by atoms with Crippen molar-refractivity contribution < 1.29 is 0 Å². The molecule has 8 nitrogen and oxygen atoms in total. The third-order valence-electron chi connectivity index (χ3n) is 13.9. The molecule has 4 aliphatic rings. The highest BCUT2D eigenvalue weighted by atomic mass is 32.2. The highest BCUT2D eigenvalue weighted by molar-refractivity contribution is 8.00. The summed E-state index contributed by atoms with van der Waals surface area (Å²) in [6, 6.07) is 79.5. The van der Waals surface area contributed by atoms with Crippen LogP contribution in [0.3, 0.4) is 0 Å². The van der Waals surface area contributed by atoms with E-state index in [-0.39, 0.29) is 0 Å². The Hall–Kier alpha value is -9.24. The Bertz CT molecular complexity index is 3950. The predicted octanol–water partition coefficient (Wildman–Crippen LogP) is 18.6. The van der Waals surface area contributed by atoms with Crippen LogP contribution in [0.2, 0.25) is 0 Å². The molecule has 0 aliphatic carbocycles. The van der Waals surface area contributed by atoms with E-state index >= 15 is 0 Å². The molecule has 0 unspecified atom stereocenters. The summed E-state index contributed by atoms with van der Waals surface area (Å²) in [7, 11) is 0. The van der Waals surface area contributed by atoms with Crippen LogP contribution in [-0.4, -0.2) is 0 Å². The van der Waals surface area contributed by atoms with Crippen LogP contribution < -0.4 is 19.6 Å². The SMILES string of the molecule is N#Cc1cc(C#N)c(N2c3ccccc3Sc3c(-c4cccc5c4Sc4ccccc4N5c4cc(N5c6ccccc6Sc6ccccc65)c(C#N)cc4C#N)cccc32)cc1N1c2ccccc2Sc2ccccc21. The van der Waals surface area contributed by atoms with E-state index in [1.165, 1.54) is 0 Å². The van der Waals surface area contributed by atoms with Crippen molar-refractivity contribution in [3.05, 3.63) is 229 Å². The van der Waals surface area contributed by atoms with Crippen LogP contribution in [0.25, 0.3) is 11.1 Å². The minimum atomic E-state index is 0.372. The molecule has 0 radical (unpaired) electrons. The van der Waals surface area contributed by atoms with E-state index in [4.69, 9.17) is 0 Å². The van der Waals surface area contributed by atoms with Gasteiger partial charge in [0, 0.05) is 39.2 Å². The Morgan fingerprint density at radius 1 is 0.237 bits per heavy atom. The molecule has 0 N–H and O–H groups in total. The number of benzene rings is 10. The summed E-state index contributed by atoms with van der Waals surface area (Å²) in [5.41, 5.74) is 13.6. The van der Waals surface area contributed by atoms with Crippen molar-refractivity contribution in [2.75, 3.05) is 19.6 Å². The number of fused-ring (bicyclic) bond motifs is 8. The third-order valence-corrected chi connectivity index (χ3v) is 18.6. The van der Waals surface area contributed by atoms with Crippen molar-refractivity contribution in [3.63, 3.8) is 0 Å². The van der Waals surface area contributed by atoms with Gasteiger partial charge in [0.1, 0.15) is 24.3 Å². The van der Waals surface area contributed by atoms with Crippen molar-refractivity contribution in [1.29, 1.82) is 21.0 Å². The molecule has 14 rings (SSSR count). The lowest BCUT2D eigenvalue weighted by atomic mass is 9.99. The number of rotatable bonds is 5. The second-order valence-electron chi connectivity index (χ2n) is 18.1. The normalized spacial score (nSPS) is 13.2. The zero-order valence-corrected chi connectivity index (χ0v) is 43.1. The minimum absolute atomic E-state index is 0.372. The number of hydrogen-bond donors (Lipinski definition) is 0. The number of hydrogen-bond acceptors (Lipinski definition) is 12. The molecule has 0 saturated carbocycles. The van der Waals surface area contributed by atoms with Crippen LogP contribution in [0.15, 0.2) is 245 Å². The van der Waals surface area contributed by atoms with Gasteiger partial charge in [-0.25, -0.2) is 0 Å². The van der Waals surface area contributed by atoms with E-state index < -0.39 is 0 Å². The quantitative estimate of drug-likeness (QED) is 0.164. The minimum Gasteiger partial charge on any atom is -0.307 e. The summed E-state index contributed by atoms with van der Waals surface area (Å²) in [5.74, 6) is 0. The lowest BCUT2D eigenvalue weighted by molar-refractivity contribution is 1.13. The molecule has 0 fully saturated rings. The van der Waals surface area contributed by atoms with Crippen molar-refractivity contribution in [1.82, 2.24) is 0 Å². The molecule has 354 valence electrons. The summed E-state index contributed by atoms with van der Waals surface area (Å²) in [6.07, 6.45) is 0. The second kappa shape index (κ2) is 18.3. The van der Waals surface area contributed by atoms with Crippen LogP contribution in [0.5, 0.6) is 0 Å². The first kappa shape index (κ1) is 45.4. The molecular formula is C64H34N8S4. The maximum absolute atomic E-state index is 11.0. The molecule has 12 heteroatoms. The fourth-order valence-corrected chi connectivity index (χ4v) is 15.2. The van der Waals surface area contributed by atoms with E-state index in [0.717, 1.165) is 95.8 Å². The van der Waals surface area contributed by atoms with Gasteiger partial charge < -0.3 is 19.6 Å². The summed E-state index contributed by atoms with van der Waals surface area (Å²) >= 11 is 6.79.